The third-order valence-electron chi connectivity index (χ3n) is 1.66. The molecule has 0 fully saturated rings. The minimum absolute atomic E-state index is 0.0252. The number of halogens is 4. The Balaban J connectivity index is 0.000000921. The van der Waals surface area contributed by atoms with Crippen LogP contribution >= 0.6 is 31.9 Å². The van der Waals surface area contributed by atoms with E-state index in [1.165, 1.54) is 6.07 Å². The molecule has 0 saturated carbocycles. The van der Waals surface area contributed by atoms with Crippen molar-refractivity contribution >= 4 is 31.9 Å². The Bertz CT molecular complexity index is 306. The summed E-state index contributed by atoms with van der Waals surface area (Å²) in [6, 6.07) is 4.83. The molecule has 0 heterocycles. The molecule has 0 N–H and O–H groups in total. The van der Waals surface area contributed by atoms with Gasteiger partial charge in [0.1, 0.15) is 0 Å². The molecule has 0 aromatic heterocycles. The van der Waals surface area contributed by atoms with E-state index in [0.29, 0.717) is 9.80 Å². The maximum absolute atomic E-state index is 12.9. The molecule has 0 aliphatic heterocycles. The second kappa shape index (κ2) is 6.59. The fourth-order valence-corrected chi connectivity index (χ4v) is 2.12. The summed E-state index contributed by atoms with van der Waals surface area (Å²) < 4.78 is 26.3. The number of rotatable bonds is 2. The van der Waals surface area contributed by atoms with Crippen LogP contribution in [0.15, 0.2) is 22.7 Å². The Hall–Kier alpha value is 0.0400. The lowest BCUT2D eigenvalue weighted by Crippen LogP contribution is -2.07. The largest absolute Gasteiger partial charge is 0.271 e. The van der Waals surface area contributed by atoms with Crippen molar-refractivity contribution < 1.29 is 8.78 Å². The molecule has 0 aliphatic carbocycles. The molecule has 0 spiro atoms. The molecular weight excluding hydrogens is 330 g/mol. The average Bonchev–Trinajstić information content (AvgIpc) is 2.18. The summed E-state index contributed by atoms with van der Waals surface area (Å²) in [5.41, 5.74) is 0.997. The van der Waals surface area contributed by atoms with Gasteiger partial charge < -0.3 is 0 Å². The summed E-state index contributed by atoms with van der Waals surface area (Å²) in [5.74, 6) is -2.79. The first-order chi connectivity index (χ1) is 6.95. The zero-order valence-electron chi connectivity index (χ0n) is 8.95. The van der Waals surface area contributed by atoms with E-state index in [9.17, 15) is 8.78 Å². The predicted octanol–water partition coefficient (Wildman–Crippen LogP) is 5.48. The number of hydrogen-bond donors (Lipinski definition) is 0. The van der Waals surface area contributed by atoms with Gasteiger partial charge in [0.05, 0.1) is 0 Å². The van der Waals surface area contributed by atoms with E-state index >= 15 is 0 Å². The maximum Gasteiger partial charge on any atom is 0.271 e. The lowest BCUT2D eigenvalue weighted by molar-refractivity contribution is 0.0167. The number of hydrogen-bond acceptors (Lipinski definition) is 0. The minimum Gasteiger partial charge on any atom is -0.202 e. The third-order valence-corrected chi connectivity index (χ3v) is 2.96. The highest BCUT2D eigenvalue weighted by atomic mass is 79.9. The van der Waals surface area contributed by atoms with Gasteiger partial charge in [-0.15, -0.1) is 0 Å². The van der Waals surface area contributed by atoms with E-state index in [-0.39, 0.29) is 5.56 Å². The first-order valence-corrected chi connectivity index (χ1v) is 6.59. The van der Waals surface area contributed by atoms with Gasteiger partial charge in [0.2, 0.25) is 0 Å². The van der Waals surface area contributed by atoms with Crippen LogP contribution < -0.4 is 0 Å². The van der Waals surface area contributed by atoms with Gasteiger partial charge in [-0.05, 0) is 11.6 Å². The van der Waals surface area contributed by atoms with Crippen LogP contribution in [0.1, 0.15) is 31.9 Å². The van der Waals surface area contributed by atoms with Gasteiger partial charge in [0, 0.05) is 22.3 Å². The Kier molecular flexibility index (Phi) is 6.60. The SMILES string of the molecule is CC.CC(F)(F)c1ccc(CBr)cc1Br. The van der Waals surface area contributed by atoms with E-state index in [4.69, 9.17) is 0 Å². The lowest BCUT2D eigenvalue weighted by Gasteiger charge is -2.13. The smallest absolute Gasteiger partial charge is 0.202 e. The zero-order valence-corrected chi connectivity index (χ0v) is 12.1. The summed E-state index contributed by atoms with van der Waals surface area (Å²) in [6.45, 7) is 4.89. The summed E-state index contributed by atoms with van der Waals surface area (Å²) >= 11 is 6.38. The van der Waals surface area contributed by atoms with Crippen LogP contribution in [0, 0.1) is 0 Å². The van der Waals surface area contributed by atoms with E-state index in [2.05, 4.69) is 31.9 Å². The standard InChI is InChI=1S/C9H8Br2F2.C2H6/c1-9(12,13)7-3-2-6(5-10)4-8(7)11;1-2/h2-4H,5H2,1H3;1-2H3. The number of benzene rings is 1. The van der Waals surface area contributed by atoms with Crippen LogP contribution in [0.3, 0.4) is 0 Å². The Morgan fingerprint density at radius 3 is 2.13 bits per heavy atom. The van der Waals surface area contributed by atoms with Crippen molar-refractivity contribution in [1.29, 1.82) is 0 Å². The van der Waals surface area contributed by atoms with Crippen molar-refractivity contribution in [2.45, 2.75) is 32.0 Å². The topological polar surface area (TPSA) is 0 Å². The van der Waals surface area contributed by atoms with E-state index < -0.39 is 5.92 Å². The first-order valence-electron chi connectivity index (χ1n) is 4.68. The van der Waals surface area contributed by atoms with Crippen molar-refractivity contribution in [3.8, 4) is 0 Å². The molecule has 0 radical (unpaired) electrons. The van der Waals surface area contributed by atoms with Crippen LogP contribution in [0.4, 0.5) is 8.78 Å². The molecule has 1 aromatic carbocycles. The van der Waals surface area contributed by atoms with Crippen molar-refractivity contribution in [2.75, 3.05) is 0 Å². The fourth-order valence-electron chi connectivity index (χ4n) is 0.998. The molecule has 0 amide bonds. The van der Waals surface area contributed by atoms with Gasteiger partial charge in [-0.25, -0.2) is 8.78 Å². The molecule has 15 heavy (non-hydrogen) atoms. The molecule has 1 aromatic rings. The minimum atomic E-state index is -2.79. The second-order valence-electron chi connectivity index (χ2n) is 2.84. The molecule has 4 heteroatoms. The monoisotopic (exact) mass is 342 g/mol. The van der Waals surface area contributed by atoms with Gasteiger partial charge in [-0.1, -0.05) is 57.8 Å². The molecule has 0 saturated heterocycles. The van der Waals surface area contributed by atoms with Crippen molar-refractivity contribution in [2.24, 2.45) is 0 Å². The maximum atomic E-state index is 12.9. The van der Waals surface area contributed by atoms with E-state index in [0.717, 1.165) is 12.5 Å². The quantitative estimate of drug-likeness (QED) is 0.623. The van der Waals surface area contributed by atoms with Gasteiger partial charge >= 0.3 is 0 Å². The summed E-state index contributed by atoms with van der Waals surface area (Å²) in [6.07, 6.45) is 0. The Labute approximate surface area is 106 Å². The first kappa shape index (κ1) is 15.0. The van der Waals surface area contributed by atoms with Crippen molar-refractivity contribution in [3.05, 3.63) is 33.8 Å². The molecule has 0 aliphatic rings. The highest BCUT2D eigenvalue weighted by Crippen LogP contribution is 2.33. The molecule has 0 atom stereocenters. The van der Waals surface area contributed by atoms with Crippen molar-refractivity contribution in [1.82, 2.24) is 0 Å². The second-order valence-corrected chi connectivity index (χ2v) is 4.25. The molecular formula is C11H14Br2F2. The van der Waals surface area contributed by atoms with Crippen LogP contribution in [0.2, 0.25) is 0 Å². The molecule has 1 rings (SSSR count). The van der Waals surface area contributed by atoms with E-state index in [1.807, 2.05) is 13.8 Å². The van der Waals surface area contributed by atoms with Gasteiger partial charge in [-0.2, -0.15) is 0 Å². The molecule has 0 nitrogen and oxygen atoms in total. The van der Waals surface area contributed by atoms with Crippen LogP contribution in [0.5, 0.6) is 0 Å². The van der Waals surface area contributed by atoms with Crippen LogP contribution in [-0.4, -0.2) is 0 Å². The third kappa shape index (κ3) is 4.60. The van der Waals surface area contributed by atoms with Gasteiger partial charge in [0.15, 0.2) is 0 Å². The van der Waals surface area contributed by atoms with Gasteiger partial charge in [0.25, 0.3) is 5.92 Å². The highest BCUT2D eigenvalue weighted by molar-refractivity contribution is 9.10. The van der Waals surface area contributed by atoms with Crippen molar-refractivity contribution in [3.63, 3.8) is 0 Å². The summed E-state index contributed by atoms with van der Waals surface area (Å²) in [5, 5.41) is 0.668. The molecule has 86 valence electrons. The van der Waals surface area contributed by atoms with Crippen LogP contribution in [0.25, 0.3) is 0 Å². The Morgan fingerprint density at radius 2 is 1.80 bits per heavy atom. The summed E-state index contributed by atoms with van der Waals surface area (Å²) in [4.78, 5) is 0. The zero-order chi connectivity index (χ0) is 12.1. The van der Waals surface area contributed by atoms with Crippen LogP contribution in [-0.2, 0) is 11.3 Å². The summed E-state index contributed by atoms with van der Waals surface area (Å²) in [7, 11) is 0. The Morgan fingerprint density at radius 1 is 1.27 bits per heavy atom. The lowest BCUT2D eigenvalue weighted by atomic mass is 10.1. The normalized spacial score (nSPS) is 10.6. The fraction of sp³-hybridized carbons (Fsp3) is 0.455. The predicted molar refractivity (Wildman–Crippen MR) is 67.7 cm³/mol. The number of alkyl halides is 3. The molecule has 0 unspecified atom stereocenters. The molecule has 0 bridgehead atoms. The average molecular weight is 344 g/mol. The highest BCUT2D eigenvalue weighted by Gasteiger charge is 2.26. The van der Waals surface area contributed by atoms with E-state index in [1.54, 1.807) is 12.1 Å². The van der Waals surface area contributed by atoms with Gasteiger partial charge in [-0.3, -0.25) is 0 Å².